The number of methoxy groups -OCH3 is 1. The lowest BCUT2D eigenvalue weighted by Gasteiger charge is -2.17. The summed E-state index contributed by atoms with van der Waals surface area (Å²) in [5.74, 6) is 1.45. The largest absolute Gasteiger partial charge is 0.493 e. The van der Waals surface area contributed by atoms with Crippen LogP contribution in [0.4, 0.5) is 11.4 Å². The summed E-state index contributed by atoms with van der Waals surface area (Å²) in [7, 11) is 1.59. The number of hydrogen-bond donors (Lipinski definition) is 2. The number of nitrogens with one attached hydrogen (secondary N) is 2. The predicted molar refractivity (Wildman–Crippen MR) is 159 cm³/mol. The first kappa shape index (κ1) is 30.1. The average molecular weight is 547 g/mol. The zero-order valence-corrected chi connectivity index (χ0v) is 23.6. The molecule has 8 heteroatoms. The molecule has 0 radical (unpaired) electrons. The lowest BCUT2D eigenvalue weighted by atomic mass is 10.1. The molecule has 0 heterocycles. The number of carbonyl (C=O) groups is 2. The highest BCUT2D eigenvalue weighted by Gasteiger charge is 2.16. The number of amides is 2. The fraction of sp³-hybridized carbons (Fsp3) is 0.312. The monoisotopic (exact) mass is 546 g/mol. The van der Waals surface area contributed by atoms with Gasteiger partial charge < -0.3 is 29.6 Å². The molecule has 40 heavy (non-hydrogen) atoms. The van der Waals surface area contributed by atoms with Crippen LogP contribution in [0, 0.1) is 0 Å². The first-order valence-electron chi connectivity index (χ1n) is 13.6. The molecule has 0 spiro atoms. The van der Waals surface area contributed by atoms with Crippen LogP contribution in [0.15, 0.2) is 66.7 Å². The van der Waals surface area contributed by atoms with Gasteiger partial charge in [-0.05, 0) is 56.2 Å². The summed E-state index contributed by atoms with van der Waals surface area (Å²) in [6.45, 7) is 7.20. The second-order valence-corrected chi connectivity index (χ2v) is 8.82. The highest BCUT2D eigenvalue weighted by atomic mass is 16.5. The van der Waals surface area contributed by atoms with Gasteiger partial charge in [0.05, 0.1) is 38.3 Å². The third-order valence-electron chi connectivity index (χ3n) is 5.84. The van der Waals surface area contributed by atoms with E-state index in [-0.39, 0.29) is 11.8 Å². The molecule has 0 aliphatic carbocycles. The van der Waals surface area contributed by atoms with Crippen molar-refractivity contribution in [3.05, 3.63) is 77.9 Å². The van der Waals surface area contributed by atoms with Gasteiger partial charge in [-0.1, -0.05) is 44.0 Å². The van der Waals surface area contributed by atoms with E-state index >= 15 is 0 Å². The van der Waals surface area contributed by atoms with Crippen LogP contribution < -0.4 is 29.6 Å². The van der Waals surface area contributed by atoms with Crippen molar-refractivity contribution >= 4 is 29.3 Å². The van der Waals surface area contributed by atoms with E-state index in [9.17, 15) is 9.59 Å². The molecule has 2 amide bonds. The Morgan fingerprint density at radius 2 is 1.43 bits per heavy atom. The van der Waals surface area contributed by atoms with Crippen molar-refractivity contribution < 1.29 is 28.5 Å². The molecule has 0 bridgehead atoms. The van der Waals surface area contributed by atoms with Gasteiger partial charge in [0.2, 0.25) is 5.91 Å². The fourth-order valence-electron chi connectivity index (χ4n) is 3.88. The standard InChI is InChI=1S/C32H38N2O6/c1-5-8-12-19-40-27-17-15-23(20-30(27)37-4)16-18-31(35)33-25-21-29(39-7-3)26(22-28(25)38-6-2)34-32(36)24-13-10-9-11-14-24/h9-11,13-18,20-22H,5-8,12,19H2,1-4H3,(H,33,35)(H,34,36)/b18-16+. The topological polar surface area (TPSA) is 95.1 Å². The van der Waals surface area contributed by atoms with Crippen molar-refractivity contribution in [2.24, 2.45) is 0 Å². The molecule has 0 atom stereocenters. The summed E-state index contributed by atoms with van der Waals surface area (Å²) >= 11 is 0. The Morgan fingerprint density at radius 1 is 0.750 bits per heavy atom. The van der Waals surface area contributed by atoms with Gasteiger partial charge in [-0.15, -0.1) is 0 Å². The normalized spacial score (nSPS) is 10.7. The molecular weight excluding hydrogens is 508 g/mol. The Balaban J connectivity index is 1.76. The van der Waals surface area contributed by atoms with Gasteiger partial charge >= 0.3 is 0 Å². The summed E-state index contributed by atoms with van der Waals surface area (Å²) in [6, 6.07) is 17.7. The highest BCUT2D eigenvalue weighted by Crippen LogP contribution is 2.37. The SMILES string of the molecule is CCCCCOc1ccc(/C=C/C(=O)Nc2cc(OCC)c(NC(=O)c3ccccc3)cc2OCC)cc1OC. The number of hydrogen-bond acceptors (Lipinski definition) is 6. The van der Waals surface area contributed by atoms with Crippen molar-refractivity contribution in [3.63, 3.8) is 0 Å². The molecule has 8 nitrogen and oxygen atoms in total. The zero-order valence-electron chi connectivity index (χ0n) is 23.6. The van der Waals surface area contributed by atoms with Crippen molar-refractivity contribution in [1.82, 2.24) is 0 Å². The van der Waals surface area contributed by atoms with Crippen LogP contribution in [0.2, 0.25) is 0 Å². The van der Waals surface area contributed by atoms with Crippen LogP contribution in [0.5, 0.6) is 23.0 Å². The molecule has 2 N–H and O–H groups in total. The number of benzene rings is 3. The minimum atomic E-state index is -0.358. The van der Waals surface area contributed by atoms with E-state index in [0.717, 1.165) is 24.8 Å². The molecule has 0 saturated heterocycles. The Labute approximate surface area is 236 Å². The van der Waals surface area contributed by atoms with E-state index in [0.29, 0.717) is 59.8 Å². The highest BCUT2D eigenvalue weighted by molar-refractivity contribution is 6.06. The number of carbonyl (C=O) groups excluding carboxylic acids is 2. The van der Waals surface area contributed by atoms with Gasteiger partial charge in [0, 0.05) is 23.8 Å². The number of ether oxygens (including phenoxy) is 4. The van der Waals surface area contributed by atoms with Gasteiger partial charge in [-0.3, -0.25) is 9.59 Å². The van der Waals surface area contributed by atoms with E-state index in [2.05, 4.69) is 17.6 Å². The van der Waals surface area contributed by atoms with Crippen LogP contribution >= 0.6 is 0 Å². The van der Waals surface area contributed by atoms with Crippen molar-refractivity contribution in [2.75, 3.05) is 37.6 Å². The maximum absolute atomic E-state index is 12.9. The molecule has 0 unspecified atom stereocenters. The third kappa shape index (κ3) is 8.80. The third-order valence-corrected chi connectivity index (χ3v) is 5.84. The molecule has 0 aromatic heterocycles. The van der Waals surface area contributed by atoms with Crippen LogP contribution in [0.1, 0.15) is 56.0 Å². The van der Waals surface area contributed by atoms with E-state index in [1.165, 1.54) is 6.08 Å². The lowest BCUT2D eigenvalue weighted by molar-refractivity contribution is -0.111. The minimum Gasteiger partial charge on any atom is -0.493 e. The van der Waals surface area contributed by atoms with E-state index in [1.807, 2.05) is 38.1 Å². The fourth-order valence-corrected chi connectivity index (χ4v) is 3.88. The zero-order chi connectivity index (χ0) is 28.7. The molecule has 212 valence electrons. The minimum absolute atomic E-state index is 0.281. The van der Waals surface area contributed by atoms with E-state index in [1.54, 1.807) is 49.6 Å². The maximum atomic E-state index is 12.9. The van der Waals surface area contributed by atoms with Crippen molar-refractivity contribution in [3.8, 4) is 23.0 Å². The maximum Gasteiger partial charge on any atom is 0.255 e. The Morgan fingerprint density at radius 3 is 2.05 bits per heavy atom. The summed E-state index contributed by atoms with van der Waals surface area (Å²) < 4.78 is 22.9. The summed E-state index contributed by atoms with van der Waals surface area (Å²) in [5, 5.41) is 5.74. The average Bonchev–Trinajstić information content (AvgIpc) is 2.97. The predicted octanol–water partition coefficient (Wildman–Crippen LogP) is 6.97. The van der Waals surface area contributed by atoms with Gasteiger partial charge in [-0.25, -0.2) is 0 Å². The first-order chi connectivity index (χ1) is 19.5. The number of rotatable bonds is 15. The summed E-state index contributed by atoms with van der Waals surface area (Å²) in [4.78, 5) is 25.6. The molecule has 0 aliphatic rings. The quantitative estimate of drug-likeness (QED) is 0.158. The van der Waals surface area contributed by atoms with Gasteiger partial charge in [-0.2, -0.15) is 0 Å². The number of anilines is 2. The molecule has 0 aliphatic heterocycles. The Hall–Kier alpha value is -4.46. The van der Waals surface area contributed by atoms with Crippen molar-refractivity contribution in [1.29, 1.82) is 0 Å². The van der Waals surface area contributed by atoms with Crippen LogP contribution in [0.3, 0.4) is 0 Å². The van der Waals surface area contributed by atoms with Crippen LogP contribution in [-0.2, 0) is 4.79 Å². The van der Waals surface area contributed by atoms with Gasteiger partial charge in [0.25, 0.3) is 5.91 Å². The smallest absolute Gasteiger partial charge is 0.255 e. The second-order valence-electron chi connectivity index (χ2n) is 8.82. The van der Waals surface area contributed by atoms with E-state index in [4.69, 9.17) is 18.9 Å². The van der Waals surface area contributed by atoms with E-state index < -0.39 is 0 Å². The lowest BCUT2D eigenvalue weighted by Crippen LogP contribution is -2.14. The molecule has 3 aromatic rings. The molecule has 0 fully saturated rings. The summed E-state index contributed by atoms with van der Waals surface area (Å²) in [6.07, 6.45) is 6.34. The van der Waals surface area contributed by atoms with Crippen LogP contribution in [-0.4, -0.2) is 38.7 Å². The first-order valence-corrected chi connectivity index (χ1v) is 13.6. The van der Waals surface area contributed by atoms with Gasteiger partial charge in [0.1, 0.15) is 11.5 Å². The van der Waals surface area contributed by atoms with Crippen molar-refractivity contribution in [2.45, 2.75) is 40.0 Å². The molecule has 0 saturated carbocycles. The van der Waals surface area contributed by atoms with Gasteiger partial charge in [0.15, 0.2) is 11.5 Å². The molecular formula is C32H38N2O6. The Kier molecular flexibility index (Phi) is 11.9. The summed E-state index contributed by atoms with van der Waals surface area (Å²) in [5.41, 5.74) is 2.16. The Bertz CT molecular complexity index is 1290. The van der Waals surface area contributed by atoms with Crippen LogP contribution in [0.25, 0.3) is 6.08 Å². The number of unbranched alkanes of at least 4 members (excludes halogenated alkanes) is 2. The second kappa shape index (κ2) is 15.8. The molecule has 3 rings (SSSR count). The molecule has 3 aromatic carbocycles.